The number of benzene rings is 1. The second-order valence-electron chi connectivity index (χ2n) is 8.57. The molecule has 1 saturated carbocycles. The second-order valence-corrected chi connectivity index (χ2v) is 10.5. The Morgan fingerprint density at radius 1 is 1.16 bits per heavy atom. The lowest BCUT2D eigenvalue weighted by molar-refractivity contribution is -0.0492. The molecule has 1 aliphatic carbocycles. The first-order valence-electron chi connectivity index (χ1n) is 10.7. The molecular formula is C21H26F4N4O2S. The third-order valence-corrected chi connectivity index (χ3v) is 8.05. The van der Waals surface area contributed by atoms with Crippen molar-refractivity contribution >= 4 is 15.7 Å². The van der Waals surface area contributed by atoms with E-state index in [4.69, 9.17) is 0 Å². The predicted molar refractivity (Wildman–Crippen MR) is 112 cm³/mol. The largest absolute Gasteiger partial charge is 0.511 e. The Labute approximate surface area is 184 Å². The van der Waals surface area contributed by atoms with Gasteiger partial charge in [-0.2, -0.15) is 17.5 Å². The van der Waals surface area contributed by atoms with E-state index in [0.29, 0.717) is 28.0 Å². The Balaban J connectivity index is 1.74. The van der Waals surface area contributed by atoms with Crippen LogP contribution in [0.4, 0.5) is 23.2 Å². The molecule has 2 heterocycles. The molecule has 0 saturated heterocycles. The molecule has 2 aliphatic rings. The molecule has 0 spiro atoms. The van der Waals surface area contributed by atoms with E-state index >= 15 is 0 Å². The maximum absolute atomic E-state index is 14.8. The van der Waals surface area contributed by atoms with E-state index in [1.165, 1.54) is 12.4 Å². The number of aromatic nitrogens is 2. The maximum Gasteiger partial charge on any atom is 0.511 e. The minimum absolute atomic E-state index is 0.0526. The predicted octanol–water partition coefficient (Wildman–Crippen LogP) is 4.56. The fraction of sp³-hybridized carbons (Fsp3) is 0.571. The monoisotopic (exact) mass is 474 g/mol. The van der Waals surface area contributed by atoms with Crippen LogP contribution in [0.1, 0.15) is 49.8 Å². The molecule has 6 nitrogen and oxygen atoms in total. The zero-order chi connectivity index (χ0) is 22.9. The topological polar surface area (TPSA) is 69.3 Å². The number of H-pyrrole nitrogens is 1. The van der Waals surface area contributed by atoms with Crippen molar-refractivity contribution in [1.29, 1.82) is 0 Å². The number of alkyl halides is 3. The van der Waals surface area contributed by atoms with Gasteiger partial charge >= 0.3 is 15.5 Å². The standard InChI is InChI=1S/C21H26F4N4O2S/c22-19-6-3-7-20-18(19)13-28(32(30,31)21(23,24)25)12-17(9-8-15-4-1-2-5-15)29(20)11-16-10-26-14-27-16/h3,6-7,10,14-15,17H,1-2,4-5,8-9,11-13H2,(H,26,27). The molecule has 0 bridgehead atoms. The summed E-state index contributed by atoms with van der Waals surface area (Å²) in [4.78, 5) is 8.80. The van der Waals surface area contributed by atoms with Crippen molar-refractivity contribution in [3.63, 3.8) is 0 Å². The minimum Gasteiger partial charge on any atom is -0.361 e. The van der Waals surface area contributed by atoms with Crippen molar-refractivity contribution in [2.45, 2.75) is 63.2 Å². The summed E-state index contributed by atoms with van der Waals surface area (Å²) >= 11 is 0. The smallest absolute Gasteiger partial charge is 0.361 e. The van der Waals surface area contributed by atoms with Crippen LogP contribution in [-0.2, 0) is 23.1 Å². The van der Waals surface area contributed by atoms with E-state index in [9.17, 15) is 26.0 Å². The third-order valence-electron chi connectivity index (χ3n) is 6.50. The highest BCUT2D eigenvalue weighted by molar-refractivity contribution is 7.89. The number of aromatic amines is 1. The molecule has 1 atom stereocenters. The molecule has 2 aromatic rings. The number of nitrogens with one attached hydrogen (secondary N) is 1. The normalized spacial score (nSPS) is 21.0. The van der Waals surface area contributed by atoms with Gasteiger partial charge in [0, 0.05) is 36.6 Å². The zero-order valence-corrected chi connectivity index (χ0v) is 18.3. The van der Waals surface area contributed by atoms with Gasteiger partial charge in [-0.15, -0.1) is 0 Å². The molecule has 176 valence electrons. The van der Waals surface area contributed by atoms with Crippen LogP contribution in [0.2, 0.25) is 0 Å². The van der Waals surface area contributed by atoms with Crippen LogP contribution in [0.5, 0.6) is 0 Å². The van der Waals surface area contributed by atoms with E-state index in [-0.39, 0.29) is 18.7 Å². The van der Waals surface area contributed by atoms with Gasteiger partial charge < -0.3 is 9.88 Å². The summed E-state index contributed by atoms with van der Waals surface area (Å²) in [5.74, 6) is -0.247. The summed E-state index contributed by atoms with van der Waals surface area (Å²) in [5, 5.41) is 0. The summed E-state index contributed by atoms with van der Waals surface area (Å²) in [6, 6.07) is 3.74. The Bertz CT molecular complexity index is 1020. The van der Waals surface area contributed by atoms with E-state index in [1.54, 1.807) is 12.3 Å². The number of imidazole rings is 1. The highest BCUT2D eigenvalue weighted by Gasteiger charge is 2.51. The van der Waals surface area contributed by atoms with Crippen molar-refractivity contribution in [3.05, 3.63) is 47.8 Å². The average molecular weight is 475 g/mol. The quantitative estimate of drug-likeness (QED) is 0.624. The molecule has 32 heavy (non-hydrogen) atoms. The van der Waals surface area contributed by atoms with Crippen molar-refractivity contribution in [3.8, 4) is 0 Å². The number of hydrogen-bond donors (Lipinski definition) is 1. The number of nitrogens with zero attached hydrogens (tertiary/aromatic N) is 3. The van der Waals surface area contributed by atoms with E-state index < -0.39 is 33.9 Å². The molecule has 1 aromatic heterocycles. The summed E-state index contributed by atoms with van der Waals surface area (Å²) in [7, 11) is -5.62. The summed E-state index contributed by atoms with van der Waals surface area (Å²) in [5.41, 5.74) is -4.38. The van der Waals surface area contributed by atoms with Crippen LogP contribution in [0, 0.1) is 11.7 Å². The average Bonchev–Trinajstić information content (AvgIpc) is 3.40. The van der Waals surface area contributed by atoms with Gasteiger partial charge in [-0.1, -0.05) is 31.7 Å². The molecule has 1 N–H and O–H groups in total. The van der Waals surface area contributed by atoms with Gasteiger partial charge in [0.25, 0.3) is 0 Å². The molecular weight excluding hydrogens is 448 g/mol. The van der Waals surface area contributed by atoms with Crippen LogP contribution in [0.15, 0.2) is 30.7 Å². The second kappa shape index (κ2) is 9.01. The lowest BCUT2D eigenvalue weighted by Crippen LogP contribution is -2.47. The fourth-order valence-electron chi connectivity index (χ4n) is 4.82. The Hall–Kier alpha value is -2.14. The Morgan fingerprint density at radius 3 is 2.56 bits per heavy atom. The molecule has 1 fully saturated rings. The molecule has 1 unspecified atom stereocenters. The van der Waals surface area contributed by atoms with Crippen molar-refractivity contribution in [1.82, 2.24) is 14.3 Å². The number of anilines is 1. The van der Waals surface area contributed by atoms with E-state index in [2.05, 4.69) is 9.97 Å². The number of fused-ring (bicyclic) bond motifs is 1. The van der Waals surface area contributed by atoms with Crippen LogP contribution in [-0.4, -0.2) is 40.8 Å². The zero-order valence-electron chi connectivity index (χ0n) is 17.5. The molecule has 11 heteroatoms. The lowest BCUT2D eigenvalue weighted by atomic mass is 9.97. The summed E-state index contributed by atoms with van der Waals surface area (Å²) < 4.78 is 80.2. The lowest BCUT2D eigenvalue weighted by Gasteiger charge is -2.34. The van der Waals surface area contributed by atoms with Crippen LogP contribution >= 0.6 is 0 Å². The van der Waals surface area contributed by atoms with Gasteiger partial charge in [-0.05, 0) is 30.9 Å². The van der Waals surface area contributed by atoms with E-state index in [1.807, 2.05) is 4.90 Å². The van der Waals surface area contributed by atoms with Crippen LogP contribution in [0.3, 0.4) is 0 Å². The molecule has 1 aliphatic heterocycles. The minimum atomic E-state index is -5.62. The number of rotatable bonds is 6. The van der Waals surface area contributed by atoms with Crippen molar-refractivity contribution in [2.24, 2.45) is 5.92 Å². The first kappa shape index (κ1) is 23.0. The van der Waals surface area contributed by atoms with Crippen LogP contribution < -0.4 is 4.90 Å². The summed E-state index contributed by atoms with van der Waals surface area (Å²) in [6.45, 7) is -0.772. The SMILES string of the molecule is O=S(=O)(N1Cc2c(F)cccc2N(Cc2cnc[nH]2)C(CCC2CCCC2)C1)C(F)(F)F. The van der Waals surface area contributed by atoms with Gasteiger partial charge in [0.05, 0.1) is 18.6 Å². The van der Waals surface area contributed by atoms with Gasteiger partial charge in [0.1, 0.15) is 5.82 Å². The fourth-order valence-corrected chi connectivity index (χ4v) is 5.78. The van der Waals surface area contributed by atoms with Gasteiger partial charge in [-0.3, -0.25) is 0 Å². The first-order valence-corrected chi connectivity index (χ1v) is 12.2. The Morgan fingerprint density at radius 2 is 1.91 bits per heavy atom. The highest BCUT2D eigenvalue weighted by atomic mass is 32.2. The van der Waals surface area contributed by atoms with Gasteiger partial charge in [0.15, 0.2) is 0 Å². The molecule has 1 aromatic carbocycles. The Kier molecular flexibility index (Phi) is 6.49. The van der Waals surface area contributed by atoms with Gasteiger partial charge in [0.2, 0.25) is 0 Å². The van der Waals surface area contributed by atoms with Crippen molar-refractivity contribution in [2.75, 3.05) is 11.4 Å². The molecule has 0 amide bonds. The summed E-state index contributed by atoms with van der Waals surface area (Å²) in [6.07, 6.45) is 8.81. The first-order chi connectivity index (χ1) is 15.2. The highest BCUT2D eigenvalue weighted by Crippen LogP contribution is 2.38. The van der Waals surface area contributed by atoms with E-state index in [0.717, 1.165) is 38.2 Å². The molecule has 0 radical (unpaired) electrons. The van der Waals surface area contributed by atoms with Crippen LogP contribution in [0.25, 0.3) is 0 Å². The maximum atomic E-state index is 14.8. The molecule has 4 rings (SSSR count). The van der Waals surface area contributed by atoms with Crippen molar-refractivity contribution < 1.29 is 26.0 Å². The van der Waals surface area contributed by atoms with Gasteiger partial charge in [-0.25, -0.2) is 17.8 Å². The number of halogens is 4. The third kappa shape index (κ3) is 4.63. The number of sulfonamides is 1. The number of hydrogen-bond acceptors (Lipinski definition) is 4.